The maximum absolute atomic E-state index is 14.8. The van der Waals surface area contributed by atoms with Crippen LogP contribution in [-0.2, 0) is 24.9 Å². The first-order valence-electron chi connectivity index (χ1n) is 10.4. The summed E-state index contributed by atoms with van der Waals surface area (Å²) in [5.41, 5.74) is 3.10. The Kier molecular flexibility index (Phi) is 6.34. The summed E-state index contributed by atoms with van der Waals surface area (Å²) in [6.07, 6.45) is 1.76. The number of rotatable bonds is 6. The second kappa shape index (κ2) is 9.18. The van der Waals surface area contributed by atoms with E-state index >= 15 is 0 Å². The summed E-state index contributed by atoms with van der Waals surface area (Å²) in [5.74, 6) is 0.202. The van der Waals surface area contributed by atoms with E-state index in [1.807, 2.05) is 20.0 Å². The second-order valence-corrected chi connectivity index (χ2v) is 8.24. The molecule has 1 amide bonds. The maximum atomic E-state index is 14.8. The zero-order valence-electron chi connectivity index (χ0n) is 17.9. The number of carbonyl (C=O) groups is 1. The number of nitrogens with one attached hydrogen (secondary N) is 2. The van der Waals surface area contributed by atoms with E-state index in [0.717, 1.165) is 29.2 Å². The first kappa shape index (κ1) is 22.1. The molecule has 1 atom stereocenters. The Labute approximate surface area is 190 Å². The van der Waals surface area contributed by atoms with Crippen LogP contribution in [0.5, 0.6) is 0 Å². The number of fused-ring (bicyclic) bond motifs is 2. The van der Waals surface area contributed by atoms with Gasteiger partial charge in [-0.1, -0.05) is 30.7 Å². The molecule has 2 aromatic carbocycles. The van der Waals surface area contributed by atoms with Gasteiger partial charge in [0, 0.05) is 41.7 Å². The van der Waals surface area contributed by atoms with E-state index in [0.29, 0.717) is 29.1 Å². The van der Waals surface area contributed by atoms with Crippen molar-refractivity contribution in [3.63, 3.8) is 0 Å². The molecule has 7 nitrogen and oxygen atoms in total. The molecular weight excluding hydrogens is 433 g/mol. The number of amides is 1. The van der Waals surface area contributed by atoms with Crippen LogP contribution in [0.3, 0.4) is 0 Å². The van der Waals surface area contributed by atoms with Gasteiger partial charge >= 0.3 is 0 Å². The average molecular weight is 458 g/mol. The molecule has 4 rings (SSSR count). The number of hydrogen-bond donors (Lipinski definition) is 3. The smallest absolute Gasteiger partial charge is 0.220 e. The Bertz CT molecular complexity index is 1150. The molecule has 1 unspecified atom stereocenters. The van der Waals surface area contributed by atoms with Crippen LogP contribution in [0.2, 0.25) is 5.02 Å². The lowest BCUT2D eigenvalue weighted by Crippen LogP contribution is -2.28. The first-order chi connectivity index (χ1) is 15.4. The van der Waals surface area contributed by atoms with E-state index in [4.69, 9.17) is 11.6 Å². The Hall–Kier alpha value is -3.10. The topological polar surface area (TPSA) is 82.4 Å². The number of aromatic nitrogens is 2. The highest BCUT2D eigenvalue weighted by Crippen LogP contribution is 2.40. The summed E-state index contributed by atoms with van der Waals surface area (Å²) in [7, 11) is 1.83. The number of anilines is 3. The predicted molar refractivity (Wildman–Crippen MR) is 122 cm³/mol. The molecule has 2 heterocycles. The fourth-order valence-corrected chi connectivity index (χ4v) is 3.96. The van der Waals surface area contributed by atoms with Crippen LogP contribution in [0.1, 0.15) is 42.7 Å². The summed E-state index contributed by atoms with van der Waals surface area (Å²) >= 11 is 6.20. The highest BCUT2D eigenvalue weighted by Gasteiger charge is 2.27. The van der Waals surface area contributed by atoms with Crippen LogP contribution >= 0.6 is 11.6 Å². The fraction of sp³-hybridized carbons (Fsp3) is 0.304. The van der Waals surface area contributed by atoms with E-state index in [1.165, 1.54) is 6.07 Å². The van der Waals surface area contributed by atoms with Crippen molar-refractivity contribution >= 4 is 34.7 Å². The van der Waals surface area contributed by atoms with E-state index in [2.05, 4.69) is 15.7 Å². The molecule has 168 valence electrons. The normalized spacial score (nSPS) is 13.6. The molecule has 3 N–H and O–H groups in total. The zero-order valence-corrected chi connectivity index (χ0v) is 18.7. The molecule has 1 aromatic heterocycles. The standard InChI is InChI=1S/C23H25ClFN5O2/c1-3-4-21(31)26-11-15-6-5-14(9-18(15)25)23(32)30-13-16-12-27-29(2)22(16)28-19-10-17(24)7-8-20(19)30/h5-10,12,23,28,32H,3-4,11,13H2,1-2H3,(H,26,31). The van der Waals surface area contributed by atoms with Gasteiger partial charge < -0.3 is 20.6 Å². The lowest BCUT2D eigenvalue weighted by Gasteiger charge is -2.30. The molecule has 0 saturated carbocycles. The lowest BCUT2D eigenvalue weighted by molar-refractivity contribution is -0.121. The summed E-state index contributed by atoms with van der Waals surface area (Å²) in [4.78, 5) is 13.5. The molecular formula is C23H25ClFN5O2. The van der Waals surface area contributed by atoms with Crippen molar-refractivity contribution in [2.45, 2.75) is 39.1 Å². The Morgan fingerprint density at radius 1 is 1.34 bits per heavy atom. The van der Waals surface area contributed by atoms with Gasteiger partial charge in [0.25, 0.3) is 0 Å². The molecule has 3 aromatic rings. The van der Waals surface area contributed by atoms with E-state index in [9.17, 15) is 14.3 Å². The van der Waals surface area contributed by atoms with Gasteiger partial charge in [-0.3, -0.25) is 9.48 Å². The number of carbonyl (C=O) groups excluding carboxylic acids is 1. The molecule has 0 fully saturated rings. The van der Waals surface area contributed by atoms with Crippen LogP contribution in [0.15, 0.2) is 42.6 Å². The van der Waals surface area contributed by atoms with Crippen molar-refractivity contribution in [1.29, 1.82) is 0 Å². The van der Waals surface area contributed by atoms with Crippen LogP contribution in [0.4, 0.5) is 21.6 Å². The van der Waals surface area contributed by atoms with Gasteiger partial charge in [-0.2, -0.15) is 5.10 Å². The number of nitrogens with zero attached hydrogens (tertiary/aromatic N) is 3. The van der Waals surface area contributed by atoms with E-state index in [-0.39, 0.29) is 12.5 Å². The molecule has 0 saturated heterocycles. The van der Waals surface area contributed by atoms with Gasteiger partial charge in [-0.05, 0) is 30.7 Å². The SMILES string of the molecule is CCCC(=O)NCc1ccc(C(O)N2Cc3cnn(C)c3Nc3cc(Cl)ccc32)cc1F. The van der Waals surface area contributed by atoms with Crippen molar-refractivity contribution in [3.05, 3.63) is 70.1 Å². The first-order valence-corrected chi connectivity index (χ1v) is 10.8. The minimum Gasteiger partial charge on any atom is -0.369 e. The summed E-state index contributed by atoms with van der Waals surface area (Å²) in [6, 6.07) is 9.92. The molecule has 1 aliphatic rings. The Morgan fingerprint density at radius 3 is 2.91 bits per heavy atom. The number of aryl methyl sites for hydroxylation is 1. The van der Waals surface area contributed by atoms with Crippen LogP contribution in [0, 0.1) is 5.82 Å². The number of aliphatic hydroxyl groups is 1. The third-order valence-electron chi connectivity index (χ3n) is 5.50. The maximum Gasteiger partial charge on any atom is 0.220 e. The van der Waals surface area contributed by atoms with Gasteiger partial charge in [0.2, 0.25) is 5.91 Å². The molecule has 32 heavy (non-hydrogen) atoms. The third kappa shape index (κ3) is 4.42. The minimum atomic E-state index is -1.11. The fourth-order valence-electron chi connectivity index (χ4n) is 3.79. The van der Waals surface area contributed by atoms with Crippen LogP contribution in [-0.4, -0.2) is 20.8 Å². The number of benzene rings is 2. The summed E-state index contributed by atoms with van der Waals surface area (Å²) in [6.45, 7) is 2.38. The van der Waals surface area contributed by atoms with Crippen molar-refractivity contribution in [1.82, 2.24) is 15.1 Å². The van der Waals surface area contributed by atoms with Gasteiger partial charge in [-0.25, -0.2) is 4.39 Å². The molecule has 0 bridgehead atoms. The molecule has 0 aliphatic carbocycles. The quantitative estimate of drug-likeness (QED) is 0.511. The van der Waals surface area contributed by atoms with Crippen LogP contribution < -0.4 is 15.5 Å². The van der Waals surface area contributed by atoms with E-state index in [1.54, 1.807) is 40.0 Å². The highest BCUT2D eigenvalue weighted by molar-refractivity contribution is 6.31. The third-order valence-corrected chi connectivity index (χ3v) is 5.73. The highest BCUT2D eigenvalue weighted by atomic mass is 35.5. The summed E-state index contributed by atoms with van der Waals surface area (Å²) in [5, 5.41) is 22.1. The van der Waals surface area contributed by atoms with Crippen LogP contribution in [0.25, 0.3) is 0 Å². The van der Waals surface area contributed by atoms with Gasteiger partial charge in [0.1, 0.15) is 11.6 Å². The Morgan fingerprint density at radius 2 is 2.16 bits per heavy atom. The summed E-state index contributed by atoms with van der Waals surface area (Å²) < 4.78 is 16.5. The lowest BCUT2D eigenvalue weighted by atomic mass is 10.1. The Balaban J connectivity index is 1.63. The van der Waals surface area contributed by atoms with Crippen molar-refractivity contribution < 1.29 is 14.3 Å². The van der Waals surface area contributed by atoms with E-state index < -0.39 is 12.0 Å². The predicted octanol–water partition coefficient (Wildman–Crippen LogP) is 4.38. The van der Waals surface area contributed by atoms with Crippen molar-refractivity contribution in [2.24, 2.45) is 7.05 Å². The zero-order chi connectivity index (χ0) is 22.8. The molecule has 9 heteroatoms. The second-order valence-electron chi connectivity index (χ2n) is 7.81. The number of aliphatic hydroxyl groups excluding tert-OH is 1. The molecule has 0 spiro atoms. The minimum absolute atomic E-state index is 0.106. The van der Waals surface area contributed by atoms with Crippen molar-refractivity contribution in [3.8, 4) is 0 Å². The largest absolute Gasteiger partial charge is 0.369 e. The number of hydrogen-bond acceptors (Lipinski definition) is 5. The monoisotopic (exact) mass is 457 g/mol. The average Bonchev–Trinajstić information content (AvgIpc) is 3.01. The number of halogens is 2. The van der Waals surface area contributed by atoms with Gasteiger partial charge in [0.15, 0.2) is 6.23 Å². The van der Waals surface area contributed by atoms with Crippen molar-refractivity contribution in [2.75, 3.05) is 10.2 Å². The van der Waals surface area contributed by atoms with Gasteiger partial charge in [0.05, 0.1) is 24.1 Å². The van der Waals surface area contributed by atoms with Gasteiger partial charge in [-0.15, -0.1) is 0 Å². The molecule has 1 aliphatic heterocycles. The molecule has 0 radical (unpaired) electrons.